The van der Waals surface area contributed by atoms with E-state index in [-0.39, 0.29) is 31.1 Å². The van der Waals surface area contributed by atoms with Gasteiger partial charge in [0.2, 0.25) is 0 Å². The normalized spacial score (nSPS) is 12.2. The van der Waals surface area contributed by atoms with Gasteiger partial charge in [0.1, 0.15) is 13.2 Å². The lowest BCUT2D eigenvalue weighted by atomic mass is 10.0. The van der Waals surface area contributed by atoms with Crippen molar-refractivity contribution in [3.05, 3.63) is 36.5 Å². The van der Waals surface area contributed by atoms with E-state index in [0.717, 1.165) is 64.2 Å². The summed E-state index contributed by atoms with van der Waals surface area (Å²) in [5.41, 5.74) is 0. The Kier molecular flexibility index (Phi) is 66.1. The van der Waals surface area contributed by atoms with Crippen LogP contribution in [0.15, 0.2) is 36.5 Å². The second kappa shape index (κ2) is 68.1. The van der Waals surface area contributed by atoms with Crippen LogP contribution in [0.1, 0.15) is 393 Å². The summed E-state index contributed by atoms with van der Waals surface area (Å²) < 4.78 is 17.0. The van der Waals surface area contributed by atoms with Crippen molar-refractivity contribution in [2.45, 2.75) is 399 Å². The molecule has 0 heterocycles. The fourth-order valence-corrected chi connectivity index (χ4v) is 10.8. The molecule has 0 fully saturated rings. The zero-order valence-corrected chi connectivity index (χ0v) is 53.4. The first kappa shape index (κ1) is 76.6. The molecule has 0 aliphatic carbocycles. The van der Waals surface area contributed by atoms with Gasteiger partial charge in [-0.05, 0) is 77.0 Å². The molecule has 0 bridgehead atoms. The number of unbranched alkanes of at least 4 members (excludes halogenated alkanes) is 49. The molecule has 0 amide bonds. The van der Waals surface area contributed by atoms with Gasteiger partial charge in [0, 0.05) is 19.3 Å². The van der Waals surface area contributed by atoms with Crippen LogP contribution in [0.3, 0.4) is 0 Å². The summed E-state index contributed by atoms with van der Waals surface area (Å²) in [6.07, 6.45) is 84.6. The fraction of sp³-hybridized carbons (Fsp3) is 0.877. The minimum atomic E-state index is -0.772. The summed E-state index contributed by atoms with van der Waals surface area (Å²) in [4.78, 5) is 38.4. The third kappa shape index (κ3) is 66.3. The number of allylic oxidation sites excluding steroid dienone is 6. The molecule has 0 saturated heterocycles. The highest BCUT2D eigenvalue weighted by Crippen LogP contribution is 2.18. The van der Waals surface area contributed by atoms with Gasteiger partial charge in [-0.2, -0.15) is 0 Å². The standard InChI is InChI=1S/C73H136O6/c1-4-7-10-13-16-19-22-25-28-30-32-33-34-35-36-37-38-39-40-41-42-44-45-48-51-54-57-60-63-66-72(75)78-69-70(68-77-71(74)65-62-59-56-53-50-47-27-24-21-18-15-12-9-6-3)79-73(76)67-64-61-58-55-52-49-46-43-31-29-26-23-20-17-14-11-8-5-2/h22,25,29-32,70H,4-21,23-24,26-28,33-69H2,1-3H3/b25-22-,31-29-,32-30-. The van der Waals surface area contributed by atoms with E-state index >= 15 is 0 Å². The van der Waals surface area contributed by atoms with Gasteiger partial charge in [0.05, 0.1) is 0 Å². The Morgan fingerprint density at radius 2 is 0.456 bits per heavy atom. The number of hydrogen-bond acceptors (Lipinski definition) is 6. The van der Waals surface area contributed by atoms with E-state index in [1.807, 2.05) is 0 Å². The van der Waals surface area contributed by atoms with Crippen LogP contribution in [0.4, 0.5) is 0 Å². The van der Waals surface area contributed by atoms with Gasteiger partial charge in [-0.15, -0.1) is 0 Å². The maximum Gasteiger partial charge on any atom is 0.306 e. The molecule has 79 heavy (non-hydrogen) atoms. The minimum absolute atomic E-state index is 0.0679. The molecular formula is C73H136O6. The highest BCUT2D eigenvalue weighted by atomic mass is 16.6. The lowest BCUT2D eigenvalue weighted by molar-refractivity contribution is -0.167. The Morgan fingerprint density at radius 3 is 0.709 bits per heavy atom. The van der Waals surface area contributed by atoms with E-state index in [1.54, 1.807) is 0 Å². The third-order valence-corrected chi connectivity index (χ3v) is 16.1. The van der Waals surface area contributed by atoms with Gasteiger partial charge >= 0.3 is 17.9 Å². The minimum Gasteiger partial charge on any atom is -0.462 e. The average molecular weight is 1110 g/mol. The van der Waals surface area contributed by atoms with Crippen LogP contribution in [0.25, 0.3) is 0 Å². The van der Waals surface area contributed by atoms with Crippen LogP contribution < -0.4 is 0 Å². The van der Waals surface area contributed by atoms with E-state index in [4.69, 9.17) is 14.2 Å². The highest BCUT2D eigenvalue weighted by Gasteiger charge is 2.19. The van der Waals surface area contributed by atoms with Gasteiger partial charge in [0.25, 0.3) is 0 Å². The van der Waals surface area contributed by atoms with Crippen LogP contribution in [0, 0.1) is 0 Å². The smallest absolute Gasteiger partial charge is 0.306 e. The summed E-state index contributed by atoms with van der Waals surface area (Å²) in [7, 11) is 0. The quantitative estimate of drug-likeness (QED) is 0.0261. The van der Waals surface area contributed by atoms with Gasteiger partial charge in [-0.25, -0.2) is 0 Å². The summed E-state index contributed by atoms with van der Waals surface area (Å²) in [6, 6.07) is 0. The van der Waals surface area contributed by atoms with Crippen molar-refractivity contribution >= 4 is 17.9 Å². The molecule has 464 valence electrons. The predicted molar refractivity (Wildman–Crippen MR) is 344 cm³/mol. The molecule has 0 spiro atoms. The number of ether oxygens (including phenoxy) is 3. The fourth-order valence-electron chi connectivity index (χ4n) is 10.8. The Balaban J connectivity index is 4.20. The maximum absolute atomic E-state index is 12.9. The van der Waals surface area contributed by atoms with E-state index in [1.165, 1.54) is 289 Å². The summed E-state index contributed by atoms with van der Waals surface area (Å²) in [6.45, 7) is 6.70. The van der Waals surface area contributed by atoms with Crippen LogP contribution in [-0.2, 0) is 28.6 Å². The van der Waals surface area contributed by atoms with Crippen molar-refractivity contribution in [2.24, 2.45) is 0 Å². The second-order valence-corrected chi connectivity index (χ2v) is 24.1. The lowest BCUT2D eigenvalue weighted by Crippen LogP contribution is -2.30. The summed E-state index contributed by atoms with van der Waals surface area (Å²) >= 11 is 0. The van der Waals surface area contributed by atoms with Crippen molar-refractivity contribution in [2.75, 3.05) is 13.2 Å². The highest BCUT2D eigenvalue weighted by molar-refractivity contribution is 5.71. The first-order valence-electron chi connectivity index (χ1n) is 35.5. The topological polar surface area (TPSA) is 78.9 Å². The monoisotopic (exact) mass is 1110 g/mol. The van der Waals surface area contributed by atoms with Crippen LogP contribution in [0.5, 0.6) is 0 Å². The Hall–Kier alpha value is -2.37. The average Bonchev–Trinajstić information content (AvgIpc) is 3.45. The molecule has 0 aliphatic heterocycles. The first-order chi connectivity index (χ1) is 39.0. The number of rotatable bonds is 66. The van der Waals surface area contributed by atoms with Crippen molar-refractivity contribution < 1.29 is 28.6 Å². The van der Waals surface area contributed by atoms with Crippen molar-refractivity contribution in [1.29, 1.82) is 0 Å². The molecule has 6 nitrogen and oxygen atoms in total. The van der Waals surface area contributed by atoms with Gasteiger partial charge in [-0.1, -0.05) is 333 Å². The maximum atomic E-state index is 12.9. The number of esters is 3. The number of hydrogen-bond donors (Lipinski definition) is 0. The molecule has 1 unspecified atom stereocenters. The largest absolute Gasteiger partial charge is 0.462 e. The van der Waals surface area contributed by atoms with E-state index in [2.05, 4.69) is 57.2 Å². The lowest BCUT2D eigenvalue weighted by Gasteiger charge is -2.18. The number of carbonyl (C=O) groups excluding carboxylic acids is 3. The van der Waals surface area contributed by atoms with Gasteiger partial charge in [0.15, 0.2) is 6.10 Å². The van der Waals surface area contributed by atoms with Crippen LogP contribution >= 0.6 is 0 Å². The van der Waals surface area contributed by atoms with Crippen molar-refractivity contribution in [3.63, 3.8) is 0 Å². The zero-order valence-electron chi connectivity index (χ0n) is 53.4. The second-order valence-electron chi connectivity index (χ2n) is 24.1. The Morgan fingerprint density at radius 1 is 0.253 bits per heavy atom. The Labute approximate surface area is 493 Å². The molecule has 6 heteroatoms. The zero-order chi connectivity index (χ0) is 57.1. The molecule has 1 atom stereocenters. The third-order valence-electron chi connectivity index (χ3n) is 16.1. The van der Waals surface area contributed by atoms with E-state index in [9.17, 15) is 14.4 Å². The molecule has 0 N–H and O–H groups in total. The van der Waals surface area contributed by atoms with Gasteiger partial charge in [-0.3, -0.25) is 14.4 Å². The molecule has 0 aromatic carbocycles. The molecule has 0 aliphatic rings. The first-order valence-corrected chi connectivity index (χ1v) is 35.5. The van der Waals surface area contributed by atoms with Crippen molar-refractivity contribution in [3.8, 4) is 0 Å². The predicted octanol–water partition coefficient (Wildman–Crippen LogP) is 24.3. The molecule has 0 aromatic heterocycles. The summed E-state index contributed by atoms with van der Waals surface area (Å²) in [5, 5.41) is 0. The molecule has 0 rings (SSSR count). The molecular weight excluding hydrogens is 973 g/mol. The Bertz CT molecular complexity index is 1320. The van der Waals surface area contributed by atoms with Crippen LogP contribution in [0.2, 0.25) is 0 Å². The van der Waals surface area contributed by atoms with Crippen molar-refractivity contribution in [1.82, 2.24) is 0 Å². The number of carbonyl (C=O) groups is 3. The van der Waals surface area contributed by atoms with Gasteiger partial charge < -0.3 is 14.2 Å². The SMILES string of the molecule is CCCCCCC/C=C\C/C=C\CCCCCCCCCCCCCCCCCCCC(=O)OCC(COC(=O)CCCCCCCCCCCCCCCC)OC(=O)CCCCCCCCC/C=C\CCCCCCCCC. The van der Waals surface area contributed by atoms with Crippen LogP contribution in [-0.4, -0.2) is 37.2 Å². The van der Waals surface area contributed by atoms with E-state index in [0.29, 0.717) is 19.3 Å². The molecule has 0 radical (unpaired) electrons. The summed E-state index contributed by atoms with van der Waals surface area (Å²) in [5.74, 6) is -0.843. The molecule has 0 saturated carbocycles. The molecule has 0 aromatic rings. The van der Waals surface area contributed by atoms with E-state index < -0.39 is 6.10 Å².